The van der Waals surface area contributed by atoms with E-state index in [1.807, 2.05) is 12.1 Å². The lowest BCUT2D eigenvalue weighted by Gasteiger charge is -2.06. The second kappa shape index (κ2) is 12.3. The summed E-state index contributed by atoms with van der Waals surface area (Å²) < 4.78 is 0. The molecule has 0 heterocycles. The molecule has 0 amide bonds. The van der Waals surface area contributed by atoms with Crippen molar-refractivity contribution in [2.24, 2.45) is 0 Å². The second-order valence-corrected chi connectivity index (χ2v) is 6.28. The van der Waals surface area contributed by atoms with Gasteiger partial charge in [0.15, 0.2) is 0 Å². The minimum Gasteiger partial charge on any atom is -0.507 e. The van der Waals surface area contributed by atoms with Gasteiger partial charge in [-0.25, -0.2) is 0 Å². The van der Waals surface area contributed by atoms with Gasteiger partial charge in [-0.15, -0.1) is 0 Å². The molecule has 22 heavy (non-hydrogen) atoms. The highest BCUT2D eigenvalue weighted by molar-refractivity contribution is 6.00. The SMILES string of the molecule is CCCCCCCCCCCCCC(=N)c1ccccc1O. The van der Waals surface area contributed by atoms with Gasteiger partial charge < -0.3 is 10.5 Å². The normalized spacial score (nSPS) is 10.8. The van der Waals surface area contributed by atoms with Crippen molar-refractivity contribution in [1.82, 2.24) is 0 Å². The van der Waals surface area contributed by atoms with Crippen molar-refractivity contribution in [2.45, 2.75) is 84.0 Å². The summed E-state index contributed by atoms with van der Waals surface area (Å²) in [6.07, 6.45) is 15.3. The number of hydrogen-bond donors (Lipinski definition) is 2. The third-order valence-electron chi connectivity index (χ3n) is 4.26. The average Bonchev–Trinajstić information content (AvgIpc) is 2.53. The van der Waals surface area contributed by atoms with E-state index in [-0.39, 0.29) is 5.75 Å². The first kappa shape index (κ1) is 18.7. The Hall–Kier alpha value is -1.31. The van der Waals surface area contributed by atoms with Crippen LogP contribution in [0.4, 0.5) is 0 Å². The molecule has 0 fully saturated rings. The van der Waals surface area contributed by atoms with Crippen LogP contribution >= 0.6 is 0 Å². The lowest BCUT2D eigenvalue weighted by molar-refractivity contribution is 0.474. The van der Waals surface area contributed by atoms with Gasteiger partial charge in [0.25, 0.3) is 0 Å². The standard InChI is InChI=1S/C20H33NO/c1-2-3-4-5-6-7-8-9-10-11-12-16-19(21)18-15-13-14-17-20(18)22/h13-15,17,21-22H,2-12,16H2,1H3. The van der Waals surface area contributed by atoms with Crippen LogP contribution in [-0.4, -0.2) is 10.8 Å². The molecule has 2 heteroatoms. The number of phenols is 1. The van der Waals surface area contributed by atoms with Gasteiger partial charge in [-0.05, 0) is 25.0 Å². The fourth-order valence-corrected chi connectivity index (χ4v) is 2.83. The highest BCUT2D eigenvalue weighted by Gasteiger charge is 2.05. The maximum absolute atomic E-state index is 9.72. The first-order valence-electron chi connectivity index (χ1n) is 9.11. The minimum absolute atomic E-state index is 0.232. The number of phenolic OH excluding ortho intramolecular Hbond substituents is 1. The van der Waals surface area contributed by atoms with Crippen LogP contribution in [0.15, 0.2) is 24.3 Å². The molecule has 1 aromatic rings. The van der Waals surface area contributed by atoms with Crippen molar-refractivity contribution >= 4 is 5.71 Å². The van der Waals surface area contributed by atoms with E-state index < -0.39 is 0 Å². The number of benzene rings is 1. The van der Waals surface area contributed by atoms with E-state index in [1.165, 1.54) is 64.2 Å². The fourth-order valence-electron chi connectivity index (χ4n) is 2.83. The van der Waals surface area contributed by atoms with Gasteiger partial charge in [0.1, 0.15) is 5.75 Å². The maximum atomic E-state index is 9.72. The molecule has 0 atom stereocenters. The summed E-state index contributed by atoms with van der Waals surface area (Å²) in [5.41, 5.74) is 1.25. The summed E-state index contributed by atoms with van der Waals surface area (Å²) >= 11 is 0. The topological polar surface area (TPSA) is 44.1 Å². The zero-order valence-electron chi connectivity index (χ0n) is 14.2. The number of unbranched alkanes of at least 4 members (excludes halogenated alkanes) is 10. The maximum Gasteiger partial charge on any atom is 0.124 e. The molecule has 0 aliphatic rings. The van der Waals surface area contributed by atoms with Crippen LogP contribution in [0.3, 0.4) is 0 Å². The first-order chi connectivity index (χ1) is 10.8. The van der Waals surface area contributed by atoms with Crippen molar-refractivity contribution in [3.05, 3.63) is 29.8 Å². The molecule has 124 valence electrons. The molecule has 0 saturated heterocycles. The molecule has 0 aliphatic carbocycles. The summed E-state index contributed by atoms with van der Waals surface area (Å²) in [6, 6.07) is 7.17. The molecule has 0 spiro atoms. The lowest BCUT2D eigenvalue weighted by Crippen LogP contribution is -1.99. The molecular weight excluding hydrogens is 270 g/mol. The molecule has 0 aromatic heterocycles. The second-order valence-electron chi connectivity index (χ2n) is 6.28. The third kappa shape index (κ3) is 8.21. The molecule has 0 saturated carbocycles. The van der Waals surface area contributed by atoms with Crippen LogP contribution in [0.5, 0.6) is 5.75 Å². The highest BCUT2D eigenvalue weighted by atomic mass is 16.3. The van der Waals surface area contributed by atoms with E-state index >= 15 is 0 Å². The Morgan fingerprint density at radius 3 is 1.86 bits per heavy atom. The summed E-state index contributed by atoms with van der Waals surface area (Å²) in [7, 11) is 0. The molecule has 2 N–H and O–H groups in total. The molecule has 0 radical (unpaired) electrons. The molecule has 1 aromatic carbocycles. The van der Waals surface area contributed by atoms with E-state index in [2.05, 4.69) is 6.92 Å². The van der Waals surface area contributed by atoms with Crippen molar-refractivity contribution in [3.63, 3.8) is 0 Å². The fraction of sp³-hybridized carbons (Fsp3) is 0.650. The number of para-hydroxylation sites is 1. The molecular formula is C20H33NO. The highest BCUT2D eigenvalue weighted by Crippen LogP contribution is 2.19. The smallest absolute Gasteiger partial charge is 0.124 e. The van der Waals surface area contributed by atoms with E-state index in [0.29, 0.717) is 11.3 Å². The van der Waals surface area contributed by atoms with Crippen molar-refractivity contribution < 1.29 is 5.11 Å². The summed E-state index contributed by atoms with van der Waals surface area (Å²) in [5, 5.41) is 17.8. The van der Waals surface area contributed by atoms with Gasteiger partial charge >= 0.3 is 0 Å². The van der Waals surface area contributed by atoms with Gasteiger partial charge in [-0.3, -0.25) is 0 Å². The largest absolute Gasteiger partial charge is 0.507 e. The number of rotatable bonds is 13. The van der Waals surface area contributed by atoms with Crippen molar-refractivity contribution in [1.29, 1.82) is 5.41 Å². The Morgan fingerprint density at radius 1 is 0.818 bits per heavy atom. The quantitative estimate of drug-likeness (QED) is 0.318. The van der Waals surface area contributed by atoms with Crippen LogP contribution in [0.25, 0.3) is 0 Å². The van der Waals surface area contributed by atoms with Crippen LogP contribution in [0, 0.1) is 5.41 Å². The minimum atomic E-state index is 0.232. The lowest BCUT2D eigenvalue weighted by atomic mass is 10.0. The zero-order valence-corrected chi connectivity index (χ0v) is 14.2. The predicted octanol–water partition coefficient (Wildman–Crippen LogP) is 6.46. The van der Waals surface area contributed by atoms with Crippen LogP contribution in [0.2, 0.25) is 0 Å². The number of nitrogens with one attached hydrogen (secondary N) is 1. The monoisotopic (exact) mass is 303 g/mol. The predicted molar refractivity (Wildman–Crippen MR) is 96.0 cm³/mol. The van der Waals surface area contributed by atoms with Crippen molar-refractivity contribution in [2.75, 3.05) is 0 Å². The summed E-state index contributed by atoms with van der Waals surface area (Å²) in [6.45, 7) is 2.26. The Kier molecular flexibility index (Phi) is 10.4. The van der Waals surface area contributed by atoms with Crippen LogP contribution < -0.4 is 0 Å². The van der Waals surface area contributed by atoms with E-state index in [0.717, 1.165) is 12.8 Å². The van der Waals surface area contributed by atoms with E-state index in [4.69, 9.17) is 5.41 Å². The summed E-state index contributed by atoms with van der Waals surface area (Å²) in [5.74, 6) is 0.232. The number of aromatic hydroxyl groups is 1. The molecule has 2 nitrogen and oxygen atoms in total. The van der Waals surface area contributed by atoms with Crippen molar-refractivity contribution in [3.8, 4) is 5.75 Å². The van der Waals surface area contributed by atoms with Gasteiger partial charge in [0.05, 0.1) is 0 Å². The number of hydrogen-bond acceptors (Lipinski definition) is 2. The summed E-state index contributed by atoms with van der Waals surface area (Å²) in [4.78, 5) is 0. The molecule has 0 aliphatic heterocycles. The average molecular weight is 303 g/mol. The van der Waals surface area contributed by atoms with Crippen LogP contribution in [0.1, 0.15) is 89.5 Å². The van der Waals surface area contributed by atoms with Gasteiger partial charge in [0.2, 0.25) is 0 Å². The Balaban J connectivity index is 1.95. The Labute approximate surface area is 136 Å². The van der Waals surface area contributed by atoms with Gasteiger partial charge in [0, 0.05) is 11.3 Å². The van der Waals surface area contributed by atoms with E-state index in [1.54, 1.807) is 12.1 Å². The molecule has 0 unspecified atom stereocenters. The van der Waals surface area contributed by atoms with Crippen LogP contribution in [-0.2, 0) is 0 Å². The van der Waals surface area contributed by atoms with Gasteiger partial charge in [-0.2, -0.15) is 0 Å². The third-order valence-corrected chi connectivity index (χ3v) is 4.26. The Bertz CT molecular complexity index is 414. The van der Waals surface area contributed by atoms with E-state index in [9.17, 15) is 5.11 Å². The zero-order chi connectivity index (χ0) is 16.0. The molecule has 0 bridgehead atoms. The Morgan fingerprint density at radius 2 is 1.32 bits per heavy atom. The first-order valence-corrected chi connectivity index (χ1v) is 9.11. The molecule has 1 rings (SSSR count). The van der Waals surface area contributed by atoms with Gasteiger partial charge in [-0.1, -0.05) is 83.3 Å².